The Morgan fingerprint density at radius 2 is 0.548 bits per heavy atom. The molecular weight excluding hydrogens is 901 g/mol. The molecule has 408 valence electrons. The fourth-order valence-corrected chi connectivity index (χ4v) is 7.22. The Hall–Kier alpha value is -4.97. The molecule has 0 spiro atoms. The van der Waals surface area contributed by atoms with Crippen molar-refractivity contribution in [2.75, 3.05) is 13.2 Å². The monoisotopic (exact) mass is 1000 g/mol. The molecule has 1 atom stereocenters. The van der Waals surface area contributed by atoms with Crippen LogP contribution in [0, 0.1) is 0 Å². The number of carbonyl (C=O) groups excluding carboxylic acids is 3. The molecule has 0 aromatic rings. The van der Waals surface area contributed by atoms with E-state index in [4.69, 9.17) is 14.2 Å². The van der Waals surface area contributed by atoms with Crippen molar-refractivity contribution in [2.45, 2.75) is 232 Å². The summed E-state index contributed by atoms with van der Waals surface area (Å²) in [6, 6.07) is 0. The fraction of sp³-hybridized carbons (Fsp3) is 0.567. The minimum atomic E-state index is -0.843. The van der Waals surface area contributed by atoms with Gasteiger partial charge in [0, 0.05) is 19.3 Å². The highest BCUT2D eigenvalue weighted by Crippen LogP contribution is 2.12. The van der Waals surface area contributed by atoms with Gasteiger partial charge in [0.2, 0.25) is 0 Å². The highest BCUT2D eigenvalue weighted by Gasteiger charge is 2.19. The first kappa shape index (κ1) is 68.0. The van der Waals surface area contributed by atoms with E-state index in [2.05, 4.69) is 179 Å². The molecule has 0 fully saturated rings. The van der Waals surface area contributed by atoms with Crippen LogP contribution in [0.3, 0.4) is 0 Å². The largest absolute Gasteiger partial charge is 0.462 e. The normalized spacial score (nSPS) is 13.3. The summed E-state index contributed by atoms with van der Waals surface area (Å²) >= 11 is 0. The Bertz CT molecular complexity index is 1670. The number of esters is 3. The van der Waals surface area contributed by atoms with E-state index in [-0.39, 0.29) is 38.0 Å². The molecule has 6 nitrogen and oxygen atoms in total. The Labute approximate surface area is 448 Å². The standard InChI is InChI=1S/C67H104O6/c1-4-7-10-13-16-19-22-25-28-30-31-32-33-34-35-37-39-42-45-48-51-54-57-60-66(69)72-63-64(62-71-65(68)59-56-53-50-47-44-41-38-27-24-21-18-15-12-9-6-3)73-67(70)61-58-55-52-49-46-43-40-36-29-26-23-20-17-14-11-8-5-2/h7-8,10-11,16-17,19-20,25-29,31-32,34-35,38-40,42-43,48-49,51-52,64H,4-6,9,12-15,18,21-24,30,33,36-37,41,44-47,50,53-63H2,1-3H3/b10-7-,11-8-,19-16-,20-17-,28-25-,29-26-,32-31-,35-34-,38-27-,42-39-,43-40-,51-48-,52-49-. The smallest absolute Gasteiger partial charge is 0.306 e. The van der Waals surface area contributed by atoms with E-state index >= 15 is 0 Å². The van der Waals surface area contributed by atoms with Crippen molar-refractivity contribution in [1.82, 2.24) is 0 Å². The van der Waals surface area contributed by atoms with Gasteiger partial charge in [-0.2, -0.15) is 0 Å². The van der Waals surface area contributed by atoms with Crippen molar-refractivity contribution in [3.8, 4) is 0 Å². The molecule has 0 rings (SSSR count). The van der Waals surface area contributed by atoms with E-state index in [0.29, 0.717) is 19.3 Å². The highest BCUT2D eigenvalue weighted by molar-refractivity contribution is 5.71. The summed E-state index contributed by atoms with van der Waals surface area (Å²) in [7, 11) is 0. The molecule has 0 saturated heterocycles. The first-order valence-electron chi connectivity index (χ1n) is 29.0. The van der Waals surface area contributed by atoms with E-state index < -0.39 is 12.1 Å². The van der Waals surface area contributed by atoms with Crippen LogP contribution in [0.4, 0.5) is 0 Å². The quantitative estimate of drug-likeness (QED) is 0.0261. The van der Waals surface area contributed by atoms with Gasteiger partial charge in [0.15, 0.2) is 6.10 Å². The number of carbonyl (C=O) groups is 3. The first-order chi connectivity index (χ1) is 36.0. The molecule has 0 saturated carbocycles. The van der Waals surface area contributed by atoms with Crippen LogP contribution in [0.1, 0.15) is 226 Å². The molecule has 0 radical (unpaired) electrons. The summed E-state index contributed by atoms with van der Waals surface area (Å²) in [4.78, 5) is 38.1. The molecule has 0 N–H and O–H groups in total. The van der Waals surface area contributed by atoms with E-state index in [1.165, 1.54) is 51.4 Å². The van der Waals surface area contributed by atoms with Crippen LogP contribution in [0.2, 0.25) is 0 Å². The number of ether oxygens (including phenoxy) is 3. The van der Waals surface area contributed by atoms with Crippen LogP contribution in [-0.4, -0.2) is 37.2 Å². The predicted octanol–water partition coefficient (Wildman–Crippen LogP) is 19.8. The van der Waals surface area contributed by atoms with Crippen LogP contribution in [0.25, 0.3) is 0 Å². The third kappa shape index (κ3) is 57.8. The molecule has 0 aliphatic carbocycles. The zero-order valence-electron chi connectivity index (χ0n) is 46.6. The summed E-state index contributed by atoms with van der Waals surface area (Å²) in [6.07, 6.45) is 86.7. The predicted molar refractivity (Wildman–Crippen MR) is 315 cm³/mol. The number of allylic oxidation sites excluding steroid dienone is 26. The number of rotatable bonds is 50. The van der Waals surface area contributed by atoms with Crippen LogP contribution in [-0.2, 0) is 28.6 Å². The number of unbranched alkanes of at least 4 members (excludes halogenated alkanes) is 13. The van der Waals surface area contributed by atoms with E-state index in [1.54, 1.807) is 0 Å². The van der Waals surface area contributed by atoms with Crippen LogP contribution in [0.5, 0.6) is 0 Å². The molecule has 0 aliphatic heterocycles. The lowest BCUT2D eigenvalue weighted by Gasteiger charge is -2.18. The zero-order chi connectivity index (χ0) is 52.9. The molecular formula is C67H104O6. The van der Waals surface area contributed by atoms with Crippen LogP contribution < -0.4 is 0 Å². The van der Waals surface area contributed by atoms with Crippen LogP contribution >= 0.6 is 0 Å². The topological polar surface area (TPSA) is 78.9 Å². The molecule has 1 unspecified atom stereocenters. The number of hydrogen-bond donors (Lipinski definition) is 0. The van der Waals surface area contributed by atoms with Gasteiger partial charge in [0.05, 0.1) is 0 Å². The second kappa shape index (κ2) is 59.6. The van der Waals surface area contributed by atoms with Crippen molar-refractivity contribution in [3.63, 3.8) is 0 Å². The summed E-state index contributed by atoms with van der Waals surface area (Å²) in [6.45, 7) is 6.29. The number of hydrogen-bond acceptors (Lipinski definition) is 6. The molecule has 0 aliphatic rings. The lowest BCUT2D eigenvalue weighted by Crippen LogP contribution is -2.30. The summed E-state index contributed by atoms with van der Waals surface area (Å²) in [5.41, 5.74) is 0. The summed E-state index contributed by atoms with van der Waals surface area (Å²) in [5, 5.41) is 0. The molecule has 0 aromatic heterocycles. The van der Waals surface area contributed by atoms with Gasteiger partial charge in [-0.25, -0.2) is 0 Å². The maximum atomic E-state index is 12.8. The zero-order valence-corrected chi connectivity index (χ0v) is 46.6. The second-order valence-electron chi connectivity index (χ2n) is 18.4. The Morgan fingerprint density at radius 1 is 0.288 bits per heavy atom. The van der Waals surface area contributed by atoms with Crippen molar-refractivity contribution >= 4 is 17.9 Å². The SMILES string of the molecule is CC/C=C\C/C=C\C/C=C\C/C=C\C/C=C\C/C=C\C/C=C\CCCC(=O)OCC(COC(=O)CCCCCCC/C=C\CCCCCCCC)OC(=O)CCC/C=C\C/C=C\C/C=C\C/C=C\C/C=C\CC. The average Bonchev–Trinajstić information content (AvgIpc) is 3.39. The van der Waals surface area contributed by atoms with E-state index in [0.717, 1.165) is 122 Å². The first-order valence-corrected chi connectivity index (χ1v) is 29.0. The molecule has 73 heavy (non-hydrogen) atoms. The minimum Gasteiger partial charge on any atom is -0.462 e. The summed E-state index contributed by atoms with van der Waals surface area (Å²) in [5.74, 6) is -1.07. The molecule has 0 heterocycles. The average molecular weight is 1010 g/mol. The third-order valence-corrected chi connectivity index (χ3v) is 11.5. The van der Waals surface area contributed by atoms with E-state index in [9.17, 15) is 14.4 Å². The maximum absolute atomic E-state index is 12.8. The second-order valence-corrected chi connectivity index (χ2v) is 18.4. The Balaban J connectivity index is 4.60. The van der Waals surface area contributed by atoms with Crippen molar-refractivity contribution in [3.05, 3.63) is 158 Å². The Morgan fingerprint density at radius 3 is 0.904 bits per heavy atom. The maximum Gasteiger partial charge on any atom is 0.306 e. The minimum absolute atomic E-state index is 0.130. The van der Waals surface area contributed by atoms with Crippen LogP contribution in [0.15, 0.2) is 158 Å². The van der Waals surface area contributed by atoms with Crippen molar-refractivity contribution in [2.24, 2.45) is 0 Å². The van der Waals surface area contributed by atoms with E-state index in [1.807, 2.05) is 0 Å². The molecule has 6 heteroatoms. The van der Waals surface area contributed by atoms with Gasteiger partial charge in [-0.1, -0.05) is 230 Å². The lowest BCUT2D eigenvalue weighted by atomic mass is 10.1. The van der Waals surface area contributed by atoms with Crippen molar-refractivity contribution in [1.29, 1.82) is 0 Å². The molecule has 0 bridgehead atoms. The highest BCUT2D eigenvalue weighted by atomic mass is 16.6. The van der Waals surface area contributed by atoms with Gasteiger partial charge < -0.3 is 14.2 Å². The van der Waals surface area contributed by atoms with Gasteiger partial charge in [-0.3, -0.25) is 14.4 Å². The summed E-state index contributed by atoms with van der Waals surface area (Å²) < 4.78 is 16.8. The third-order valence-electron chi connectivity index (χ3n) is 11.5. The Kier molecular flexibility index (Phi) is 55.5. The van der Waals surface area contributed by atoms with Gasteiger partial charge >= 0.3 is 17.9 Å². The molecule has 0 aromatic carbocycles. The lowest BCUT2D eigenvalue weighted by molar-refractivity contribution is -0.167. The van der Waals surface area contributed by atoms with Gasteiger partial charge in [-0.05, 0) is 135 Å². The fourth-order valence-electron chi connectivity index (χ4n) is 7.22. The van der Waals surface area contributed by atoms with Crippen molar-refractivity contribution < 1.29 is 28.6 Å². The van der Waals surface area contributed by atoms with Gasteiger partial charge in [-0.15, -0.1) is 0 Å². The van der Waals surface area contributed by atoms with Gasteiger partial charge in [0.1, 0.15) is 13.2 Å². The van der Waals surface area contributed by atoms with Gasteiger partial charge in [0.25, 0.3) is 0 Å². The molecule has 0 amide bonds.